The fraction of sp³-hybridized carbons (Fsp3) is 0.467. The largest absolute Gasteiger partial charge is 0.444 e. The summed E-state index contributed by atoms with van der Waals surface area (Å²) in [7, 11) is 0. The van der Waals surface area contributed by atoms with Crippen LogP contribution in [0.25, 0.3) is 11.0 Å². The van der Waals surface area contributed by atoms with E-state index < -0.39 is 23.9 Å². The zero-order chi connectivity index (χ0) is 16.3. The normalized spacial score (nSPS) is 14.6. The molecule has 0 aliphatic rings. The third kappa shape index (κ3) is 4.19. The molecule has 2 aromatic rings. The molecule has 4 N–H and O–H groups in total. The number of H-pyrrole nitrogens is 1. The predicted molar refractivity (Wildman–Crippen MR) is 81.3 cm³/mol. The van der Waals surface area contributed by atoms with Crippen molar-refractivity contribution in [3.63, 3.8) is 0 Å². The molecule has 0 spiro atoms. The van der Waals surface area contributed by atoms with Crippen LogP contribution in [0, 0.1) is 0 Å². The third-order valence-electron chi connectivity index (χ3n) is 2.91. The van der Waals surface area contributed by atoms with Crippen LogP contribution in [0.3, 0.4) is 0 Å². The van der Waals surface area contributed by atoms with E-state index in [0.717, 1.165) is 5.52 Å². The number of aliphatic hydroxyl groups excluding tert-OH is 2. The molecule has 0 radical (unpaired) electrons. The number of aromatic nitrogens is 2. The number of hydrogen-bond donors (Lipinski definition) is 4. The van der Waals surface area contributed by atoms with E-state index in [1.54, 1.807) is 26.8 Å². The fourth-order valence-corrected chi connectivity index (χ4v) is 1.91. The summed E-state index contributed by atoms with van der Waals surface area (Å²) in [5, 5.41) is 22.5. The first-order valence-corrected chi connectivity index (χ1v) is 7.04. The topological polar surface area (TPSA) is 107 Å². The lowest BCUT2D eigenvalue weighted by atomic mass is 10.2. The summed E-state index contributed by atoms with van der Waals surface area (Å²) in [6, 6.07) is 7.30. The number of nitrogens with one attached hydrogen (secondary N) is 2. The number of carbonyl (C=O) groups excluding carboxylic acids is 1. The second-order valence-electron chi connectivity index (χ2n) is 6.03. The smallest absolute Gasteiger partial charge is 0.407 e. The van der Waals surface area contributed by atoms with Crippen molar-refractivity contribution >= 4 is 17.1 Å². The minimum atomic E-state index is -1.23. The van der Waals surface area contributed by atoms with Crippen LogP contribution < -0.4 is 5.32 Å². The highest BCUT2D eigenvalue weighted by Crippen LogP contribution is 2.18. The molecule has 1 aromatic heterocycles. The van der Waals surface area contributed by atoms with Gasteiger partial charge in [-0.25, -0.2) is 9.78 Å². The van der Waals surface area contributed by atoms with Crippen LogP contribution in [0.4, 0.5) is 4.79 Å². The lowest BCUT2D eigenvalue weighted by Crippen LogP contribution is -2.39. The van der Waals surface area contributed by atoms with Crippen molar-refractivity contribution in [3.8, 4) is 0 Å². The number of imidazole rings is 1. The zero-order valence-electron chi connectivity index (χ0n) is 12.8. The van der Waals surface area contributed by atoms with Gasteiger partial charge in [0.2, 0.25) is 0 Å². The molecule has 22 heavy (non-hydrogen) atoms. The summed E-state index contributed by atoms with van der Waals surface area (Å²) < 4.78 is 5.06. The number of alkyl carbamates (subject to hydrolysis) is 1. The van der Waals surface area contributed by atoms with Crippen molar-refractivity contribution in [2.75, 3.05) is 6.54 Å². The minimum absolute atomic E-state index is 0.146. The van der Waals surface area contributed by atoms with Gasteiger partial charge < -0.3 is 25.3 Å². The first-order valence-electron chi connectivity index (χ1n) is 7.04. The maximum absolute atomic E-state index is 11.5. The van der Waals surface area contributed by atoms with Crippen molar-refractivity contribution in [2.45, 2.75) is 38.6 Å². The summed E-state index contributed by atoms with van der Waals surface area (Å²) in [4.78, 5) is 18.7. The first kappa shape index (κ1) is 16.3. The highest BCUT2D eigenvalue weighted by Gasteiger charge is 2.23. The number of para-hydroxylation sites is 2. The van der Waals surface area contributed by atoms with Crippen LogP contribution in [-0.4, -0.2) is 44.5 Å². The minimum Gasteiger partial charge on any atom is -0.444 e. The summed E-state index contributed by atoms with van der Waals surface area (Å²) in [5.41, 5.74) is 0.847. The van der Waals surface area contributed by atoms with Gasteiger partial charge in [-0.1, -0.05) is 12.1 Å². The van der Waals surface area contributed by atoms with E-state index in [4.69, 9.17) is 4.74 Å². The van der Waals surface area contributed by atoms with Crippen molar-refractivity contribution in [2.24, 2.45) is 0 Å². The van der Waals surface area contributed by atoms with Gasteiger partial charge in [0, 0.05) is 6.54 Å². The van der Waals surface area contributed by atoms with Gasteiger partial charge in [-0.15, -0.1) is 0 Å². The molecule has 2 rings (SSSR count). The maximum Gasteiger partial charge on any atom is 0.407 e. The highest BCUT2D eigenvalue weighted by molar-refractivity contribution is 5.74. The summed E-state index contributed by atoms with van der Waals surface area (Å²) in [5.74, 6) is 0.250. The molecule has 0 bridgehead atoms. The molecular weight excluding hydrogens is 286 g/mol. The van der Waals surface area contributed by atoms with Gasteiger partial charge in [-0.3, -0.25) is 0 Å². The zero-order valence-corrected chi connectivity index (χ0v) is 12.8. The molecule has 7 nitrogen and oxygen atoms in total. The Balaban J connectivity index is 1.94. The number of amides is 1. The number of carbonyl (C=O) groups is 1. The first-order chi connectivity index (χ1) is 10.3. The molecule has 2 atom stereocenters. The third-order valence-corrected chi connectivity index (χ3v) is 2.91. The molecule has 0 aliphatic carbocycles. The van der Waals surface area contributed by atoms with E-state index in [0.29, 0.717) is 5.52 Å². The quantitative estimate of drug-likeness (QED) is 0.684. The van der Waals surface area contributed by atoms with Crippen molar-refractivity contribution in [1.82, 2.24) is 15.3 Å². The Morgan fingerprint density at radius 1 is 1.36 bits per heavy atom. The van der Waals surface area contributed by atoms with Crippen LogP contribution in [0.5, 0.6) is 0 Å². The number of aliphatic hydroxyl groups is 2. The summed E-state index contributed by atoms with van der Waals surface area (Å²) >= 11 is 0. The molecule has 1 amide bonds. The van der Waals surface area contributed by atoms with Crippen LogP contribution in [-0.2, 0) is 4.74 Å². The Hall–Kier alpha value is -2.12. The number of hydrogen-bond acceptors (Lipinski definition) is 5. The van der Waals surface area contributed by atoms with Gasteiger partial charge in [0.25, 0.3) is 0 Å². The van der Waals surface area contributed by atoms with Gasteiger partial charge in [-0.05, 0) is 32.9 Å². The second kappa shape index (κ2) is 6.33. The Labute approximate surface area is 128 Å². The van der Waals surface area contributed by atoms with Crippen molar-refractivity contribution in [3.05, 3.63) is 30.1 Å². The average molecular weight is 307 g/mol. The standard InChI is InChI=1S/C15H21N3O4/c1-15(2,3)22-14(21)16-8-11(19)12(20)13-17-9-6-4-5-7-10(9)18-13/h4-7,11-12,19-20H,8H2,1-3H3,(H,16,21)(H,17,18). The number of ether oxygens (including phenoxy) is 1. The maximum atomic E-state index is 11.5. The molecule has 7 heteroatoms. The van der Waals surface area contributed by atoms with E-state index in [2.05, 4.69) is 15.3 Å². The molecule has 0 saturated heterocycles. The van der Waals surface area contributed by atoms with Crippen LogP contribution in [0.1, 0.15) is 32.7 Å². The molecule has 0 aliphatic heterocycles. The SMILES string of the molecule is CC(C)(C)OC(=O)NCC(O)C(O)c1nc2ccccc2[nH]1. The lowest BCUT2D eigenvalue weighted by Gasteiger charge is -2.21. The Morgan fingerprint density at radius 3 is 2.68 bits per heavy atom. The molecule has 0 fully saturated rings. The van der Waals surface area contributed by atoms with Crippen molar-refractivity contribution < 1.29 is 19.7 Å². The van der Waals surface area contributed by atoms with Gasteiger partial charge >= 0.3 is 6.09 Å². The molecule has 1 heterocycles. The summed E-state index contributed by atoms with van der Waals surface area (Å²) in [6.07, 6.45) is -3.08. The number of rotatable bonds is 4. The van der Waals surface area contributed by atoms with Crippen LogP contribution in [0.2, 0.25) is 0 Å². The Bertz CT molecular complexity index is 615. The van der Waals surface area contributed by atoms with Gasteiger partial charge in [-0.2, -0.15) is 0 Å². The fourth-order valence-electron chi connectivity index (χ4n) is 1.91. The molecule has 2 unspecified atom stereocenters. The number of aromatic amines is 1. The van der Waals surface area contributed by atoms with E-state index in [9.17, 15) is 15.0 Å². The van der Waals surface area contributed by atoms with Gasteiger partial charge in [0.05, 0.1) is 11.0 Å². The van der Waals surface area contributed by atoms with Crippen LogP contribution >= 0.6 is 0 Å². The van der Waals surface area contributed by atoms with E-state index >= 15 is 0 Å². The van der Waals surface area contributed by atoms with E-state index in [-0.39, 0.29) is 12.4 Å². The number of fused-ring (bicyclic) bond motifs is 1. The van der Waals surface area contributed by atoms with E-state index in [1.165, 1.54) is 0 Å². The highest BCUT2D eigenvalue weighted by atomic mass is 16.6. The Morgan fingerprint density at radius 2 is 2.05 bits per heavy atom. The molecule has 1 aromatic carbocycles. The van der Waals surface area contributed by atoms with E-state index in [1.807, 2.05) is 18.2 Å². The molecular formula is C15H21N3O4. The predicted octanol–water partition coefficient (Wildman–Crippen LogP) is 1.48. The lowest BCUT2D eigenvalue weighted by molar-refractivity contribution is 0.00913. The van der Waals surface area contributed by atoms with Gasteiger partial charge in [0.1, 0.15) is 23.6 Å². The van der Waals surface area contributed by atoms with Crippen LogP contribution in [0.15, 0.2) is 24.3 Å². The number of nitrogens with zero attached hydrogens (tertiary/aromatic N) is 1. The molecule has 120 valence electrons. The second-order valence-corrected chi connectivity index (χ2v) is 6.03. The van der Waals surface area contributed by atoms with Gasteiger partial charge in [0.15, 0.2) is 0 Å². The summed E-state index contributed by atoms with van der Waals surface area (Å²) in [6.45, 7) is 5.08. The van der Waals surface area contributed by atoms with Crippen molar-refractivity contribution in [1.29, 1.82) is 0 Å². The Kier molecular flexibility index (Phi) is 4.68. The monoisotopic (exact) mass is 307 g/mol. The average Bonchev–Trinajstić information content (AvgIpc) is 2.85. The molecule has 0 saturated carbocycles. The number of benzene rings is 1.